The second kappa shape index (κ2) is 5.45. The summed E-state index contributed by atoms with van der Waals surface area (Å²) in [5.41, 5.74) is 0.630. The summed E-state index contributed by atoms with van der Waals surface area (Å²) in [4.78, 5) is 0. The van der Waals surface area contributed by atoms with Crippen LogP contribution in [0, 0.1) is 0 Å². The number of methoxy groups -OCH3 is 1. The molecule has 3 nitrogen and oxygen atoms in total. The van der Waals surface area contributed by atoms with Crippen molar-refractivity contribution in [2.45, 2.75) is 12.8 Å². The molecule has 5 heteroatoms. The maximum Gasteiger partial charge on any atom is 0.177 e. The molecule has 15 heavy (non-hydrogen) atoms. The highest BCUT2D eigenvalue weighted by atomic mass is 35.5. The number of aliphatic hydroxyl groups is 1. The van der Waals surface area contributed by atoms with Gasteiger partial charge in [0.15, 0.2) is 11.5 Å². The van der Waals surface area contributed by atoms with Gasteiger partial charge in [0.05, 0.1) is 12.1 Å². The Morgan fingerprint density at radius 1 is 1.40 bits per heavy atom. The fraction of sp³-hybridized carbons (Fsp3) is 0.400. The maximum atomic E-state index is 9.62. The van der Waals surface area contributed by atoms with Gasteiger partial charge in [-0.25, -0.2) is 0 Å². The van der Waals surface area contributed by atoms with Gasteiger partial charge in [0.25, 0.3) is 0 Å². The van der Waals surface area contributed by atoms with Crippen molar-refractivity contribution in [3.8, 4) is 11.5 Å². The van der Waals surface area contributed by atoms with E-state index in [1.807, 2.05) is 0 Å². The van der Waals surface area contributed by atoms with Crippen LogP contribution in [0.3, 0.4) is 0 Å². The van der Waals surface area contributed by atoms with Crippen LogP contribution in [0.5, 0.6) is 11.5 Å². The van der Waals surface area contributed by atoms with Gasteiger partial charge in [0.2, 0.25) is 0 Å². The van der Waals surface area contributed by atoms with E-state index in [1.54, 1.807) is 0 Å². The van der Waals surface area contributed by atoms with Crippen LogP contribution >= 0.6 is 23.2 Å². The molecule has 0 radical (unpaired) electrons. The number of hydrogen-bond acceptors (Lipinski definition) is 3. The molecule has 0 unspecified atom stereocenters. The third-order valence-electron chi connectivity index (χ3n) is 2.06. The molecule has 0 bridgehead atoms. The van der Waals surface area contributed by atoms with Gasteiger partial charge < -0.3 is 14.9 Å². The predicted molar refractivity (Wildman–Crippen MR) is 60.1 cm³/mol. The van der Waals surface area contributed by atoms with Gasteiger partial charge in [-0.15, -0.1) is 0 Å². The topological polar surface area (TPSA) is 49.7 Å². The molecule has 1 rings (SSSR count). The van der Waals surface area contributed by atoms with Crippen LogP contribution in [0.15, 0.2) is 6.07 Å². The first-order valence-electron chi connectivity index (χ1n) is 4.46. The van der Waals surface area contributed by atoms with Crippen molar-refractivity contribution in [3.05, 3.63) is 21.7 Å². The number of hydrogen-bond donors (Lipinski definition) is 2. The first-order chi connectivity index (χ1) is 7.11. The quantitative estimate of drug-likeness (QED) is 0.864. The van der Waals surface area contributed by atoms with E-state index in [4.69, 9.17) is 33.0 Å². The van der Waals surface area contributed by atoms with Crippen molar-refractivity contribution in [3.63, 3.8) is 0 Å². The van der Waals surface area contributed by atoms with Gasteiger partial charge in [0.1, 0.15) is 0 Å². The van der Waals surface area contributed by atoms with E-state index in [-0.39, 0.29) is 23.1 Å². The van der Waals surface area contributed by atoms with Gasteiger partial charge in [-0.2, -0.15) is 0 Å². The van der Waals surface area contributed by atoms with E-state index in [9.17, 15) is 5.11 Å². The number of ether oxygens (including phenoxy) is 1. The van der Waals surface area contributed by atoms with Crippen LogP contribution in [0.25, 0.3) is 0 Å². The second-order valence-corrected chi connectivity index (χ2v) is 3.81. The van der Waals surface area contributed by atoms with Crippen LogP contribution in [0.4, 0.5) is 0 Å². The largest absolute Gasteiger partial charge is 0.503 e. The average Bonchev–Trinajstić information content (AvgIpc) is 2.23. The molecular formula is C10H12Cl2O3. The number of phenolic OH excluding ortho intramolecular Hbond substituents is 1. The van der Waals surface area contributed by atoms with Crippen LogP contribution < -0.4 is 4.74 Å². The number of halogens is 2. The minimum absolute atomic E-state index is 0.0550. The lowest BCUT2D eigenvalue weighted by Gasteiger charge is -2.11. The molecule has 0 fully saturated rings. The standard InChI is InChI=1S/C10H12Cl2O3/c1-15-8-5-7(11)6(3-2-4-13)9(12)10(8)14/h5,13-14H,2-4H2,1H3. The van der Waals surface area contributed by atoms with Gasteiger partial charge >= 0.3 is 0 Å². The van der Waals surface area contributed by atoms with Crippen LogP contribution in [0.1, 0.15) is 12.0 Å². The van der Waals surface area contributed by atoms with Crippen LogP contribution in [-0.4, -0.2) is 23.9 Å². The molecule has 0 spiro atoms. The lowest BCUT2D eigenvalue weighted by molar-refractivity contribution is 0.288. The fourth-order valence-corrected chi connectivity index (χ4v) is 1.89. The molecular weight excluding hydrogens is 239 g/mol. The number of aliphatic hydroxyl groups excluding tert-OH is 1. The molecule has 0 aliphatic heterocycles. The van der Waals surface area contributed by atoms with Gasteiger partial charge in [-0.3, -0.25) is 0 Å². The molecule has 84 valence electrons. The molecule has 0 aromatic heterocycles. The van der Waals surface area contributed by atoms with Gasteiger partial charge in [-0.1, -0.05) is 23.2 Å². The van der Waals surface area contributed by atoms with Crippen LogP contribution in [0.2, 0.25) is 10.0 Å². The molecule has 0 heterocycles. The summed E-state index contributed by atoms with van der Waals surface area (Å²) in [5, 5.41) is 19.0. The van der Waals surface area contributed by atoms with Crippen molar-refractivity contribution in [1.29, 1.82) is 0 Å². The fourth-order valence-electron chi connectivity index (χ4n) is 1.27. The van der Waals surface area contributed by atoms with Gasteiger partial charge in [-0.05, 0) is 18.4 Å². The Kier molecular flexibility index (Phi) is 4.51. The second-order valence-electron chi connectivity index (χ2n) is 3.03. The van der Waals surface area contributed by atoms with E-state index < -0.39 is 0 Å². The zero-order chi connectivity index (χ0) is 11.4. The summed E-state index contributed by atoms with van der Waals surface area (Å²) in [6.45, 7) is 0.0550. The maximum absolute atomic E-state index is 9.62. The highest BCUT2D eigenvalue weighted by Crippen LogP contribution is 2.41. The predicted octanol–water partition coefficient (Wildman–Crippen LogP) is 2.63. The minimum Gasteiger partial charge on any atom is -0.503 e. The Balaban J connectivity index is 3.11. The van der Waals surface area contributed by atoms with Crippen molar-refractivity contribution in [1.82, 2.24) is 0 Å². The summed E-state index contributed by atoms with van der Waals surface area (Å²) in [6, 6.07) is 1.51. The Hall–Kier alpha value is -0.640. The lowest BCUT2D eigenvalue weighted by Crippen LogP contribution is -1.94. The molecule has 0 amide bonds. The minimum atomic E-state index is -0.114. The summed E-state index contributed by atoms with van der Waals surface area (Å²) < 4.78 is 4.90. The van der Waals surface area contributed by atoms with E-state index >= 15 is 0 Å². The van der Waals surface area contributed by atoms with Gasteiger partial charge in [0, 0.05) is 17.7 Å². The van der Waals surface area contributed by atoms with Crippen molar-refractivity contribution < 1.29 is 14.9 Å². The highest BCUT2D eigenvalue weighted by molar-refractivity contribution is 6.37. The molecule has 0 aliphatic carbocycles. The number of aromatic hydroxyl groups is 1. The average molecular weight is 251 g/mol. The third kappa shape index (κ3) is 2.68. The molecule has 0 aliphatic rings. The number of benzene rings is 1. The summed E-state index contributed by atoms with van der Waals surface area (Å²) in [7, 11) is 1.43. The van der Waals surface area contributed by atoms with Crippen molar-refractivity contribution >= 4 is 23.2 Å². The van der Waals surface area contributed by atoms with Crippen molar-refractivity contribution in [2.75, 3.05) is 13.7 Å². The lowest BCUT2D eigenvalue weighted by atomic mass is 10.1. The number of rotatable bonds is 4. The first kappa shape index (κ1) is 12.4. The summed E-state index contributed by atoms with van der Waals surface area (Å²) >= 11 is 11.9. The molecule has 2 N–H and O–H groups in total. The first-order valence-corrected chi connectivity index (χ1v) is 5.22. The van der Waals surface area contributed by atoms with Crippen LogP contribution in [-0.2, 0) is 6.42 Å². The van der Waals surface area contributed by atoms with E-state index in [0.29, 0.717) is 23.4 Å². The smallest absolute Gasteiger partial charge is 0.177 e. The Morgan fingerprint density at radius 3 is 2.60 bits per heavy atom. The summed E-state index contributed by atoms with van der Waals surface area (Å²) in [5.74, 6) is 0.134. The monoisotopic (exact) mass is 250 g/mol. The molecule has 0 saturated heterocycles. The summed E-state index contributed by atoms with van der Waals surface area (Å²) in [6.07, 6.45) is 1.07. The van der Waals surface area contributed by atoms with E-state index in [2.05, 4.69) is 0 Å². The highest BCUT2D eigenvalue weighted by Gasteiger charge is 2.15. The Labute approximate surface area is 98.2 Å². The third-order valence-corrected chi connectivity index (χ3v) is 2.80. The molecule has 1 aromatic rings. The molecule has 0 atom stereocenters. The Morgan fingerprint density at radius 2 is 2.07 bits per heavy atom. The molecule has 0 saturated carbocycles. The SMILES string of the molecule is COc1cc(Cl)c(CCCO)c(Cl)c1O. The number of phenols is 1. The van der Waals surface area contributed by atoms with E-state index in [0.717, 1.165) is 0 Å². The zero-order valence-electron chi connectivity index (χ0n) is 8.26. The van der Waals surface area contributed by atoms with Crippen molar-refractivity contribution in [2.24, 2.45) is 0 Å². The van der Waals surface area contributed by atoms with E-state index in [1.165, 1.54) is 13.2 Å². The Bertz CT molecular complexity index is 353. The molecule has 1 aromatic carbocycles. The zero-order valence-corrected chi connectivity index (χ0v) is 9.77. The normalized spacial score (nSPS) is 10.4.